The van der Waals surface area contributed by atoms with Crippen molar-refractivity contribution in [3.8, 4) is 0 Å². The number of rotatable bonds is 4. The van der Waals surface area contributed by atoms with Gasteiger partial charge in [0.15, 0.2) is 6.10 Å². The number of hydrogen-bond acceptors (Lipinski definition) is 4. The number of nitrogens with zero attached hydrogens (tertiary/aromatic N) is 1. The summed E-state index contributed by atoms with van der Waals surface area (Å²) in [5.74, 6) is 0.0634. The lowest BCUT2D eigenvalue weighted by Gasteiger charge is -2.13. The lowest BCUT2D eigenvalue weighted by atomic mass is 10.4. The van der Waals surface area contributed by atoms with E-state index in [4.69, 9.17) is 5.11 Å². The van der Waals surface area contributed by atoms with Crippen LogP contribution in [0.15, 0.2) is 11.6 Å². The molecule has 14 heavy (non-hydrogen) atoms. The molecule has 0 fully saturated rings. The van der Waals surface area contributed by atoms with Crippen LogP contribution in [0.4, 0.5) is 13.2 Å². The predicted molar refractivity (Wildman–Crippen MR) is 50.3 cm³/mol. The van der Waals surface area contributed by atoms with E-state index in [1.807, 2.05) is 0 Å². The quantitative estimate of drug-likeness (QED) is 0.880. The van der Waals surface area contributed by atoms with E-state index in [1.54, 1.807) is 11.6 Å². The molecule has 1 atom stereocenters. The summed E-state index contributed by atoms with van der Waals surface area (Å²) in [6, 6.07) is 0. The summed E-state index contributed by atoms with van der Waals surface area (Å²) in [4.78, 5) is 3.91. The molecule has 0 aromatic carbocycles. The first-order chi connectivity index (χ1) is 6.50. The molecule has 0 spiro atoms. The van der Waals surface area contributed by atoms with Gasteiger partial charge in [-0.3, -0.25) is 0 Å². The largest absolute Gasteiger partial charge is 0.415 e. The van der Waals surface area contributed by atoms with Crippen LogP contribution >= 0.6 is 23.1 Å². The molecule has 0 saturated heterocycles. The summed E-state index contributed by atoms with van der Waals surface area (Å²) in [6.07, 6.45) is -5.16. The molecule has 80 valence electrons. The van der Waals surface area contributed by atoms with Crippen molar-refractivity contribution in [2.75, 3.05) is 5.75 Å². The van der Waals surface area contributed by atoms with Crippen LogP contribution in [0.2, 0.25) is 0 Å². The fraction of sp³-hybridized carbons (Fsp3) is 0.571. The van der Waals surface area contributed by atoms with Gasteiger partial charge in [-0.15, -0.1) is 11.3 Å². The fourth-order valence-electron chi connectivity index (χ4n) is 0.677. The van der Waals surface area contributed by atoms with E-state index in [0.29, 0.717) is 5.75 Å². The van der Waals surface area contributed by atoms with E-state index in [-0.39, 0.29) is 5.75 Å². The highest BCUT2D eigenvalue weighted by atomic mass is 32.2. The van der Waals surface area contributed by atoms with E-state index in [1.165, 1.54) is 11.3 Å². The van der Waals surface area contributed by atoms with Crippen molar-refractivity contribution in [3.05, 3.63) is 16.6 Å². The molecule has 1 aromatic heterocycles. The van der Waals surface area contributed by atoms with Crippen molar-refractivity contribution in [1.82, 2.24) is 4.98 Å². The molecule has 0 radical (unpaired) electrons. The molecule has 0 aliphatic carbocycles. The zero-order valence-corrected chi connectivity index (χ0v) is 8.62. The van der Waals surface area contributed by atoms with Crippen molar-refractivity contribution in [3.63, 3.8) is 0 Å². The maximum Gasteiger partial charge on any atom is 0.415 e. The molecule has 1 rings (SSSR count). The van der Waals surface area contributed by atoms with Gasteiger partial charge in [0.25, 0.3) is 0 Å². The van der Waals surface area contributed by atoms with E-state index >= 15 is 0 Å². The van der Waals surface area contributed by atoms with Crippen molar-refractivity contribution in [2.45, 2.75) is 18.0 Å². The molecule has 1 N–H and O–H groups in total. The maximum absolute atomic E-state index is 11.8. The summed E-state index contributed by atoms with van der Waals surface area (Å²) in [5, 5.41) is 11.2. The average Bonchev–Trinajstić information content (AvgIpc) is 2.55. The second-order valence-corrected chi connectivity index (χ2v) is 4.51. The average molecular weight is 243 g/mol. The Morgan fingerprint density at radius 2 is 2.29 bits per heavy atom. The first-order valence-corrected chi connectivity index (χ1v) is 5.74. The van der Waals surface area contributed by atoms with Crippen LogP contribution in [-0.2, 0) is 5.75 Å². The highest BCUT2D eigenvalue weighted by Gasteiger charge is 2.37. The highest BCUT2D eigenvalue weighted by molar-refractivity contribution is 7.98. The zero-order chi connectivity index (χ0) is 10.6. The second-order valence-electron chi connectivity index (χ2n) is 2.50. The van der Waals surface area contributed by atoms with Gasteiger partial charge in [-0.25, -0.2) is 4.98 Å². The molecule has 2 nitrogen and oxygen atoms in total. The van der Waals surface area contributed by atoms with E-state index in [0.717, 1.165) is 16.8 Å². The smallest absolute Gasteiger partial charge is 0.383 e. The molecule has 0 aliphatic rings. The van der Waals surface area contributed by atoms with Gasteiger partial charge in [-0.1, -0.05) is 0 Å². The SMILES string of the molecule is O[C@H](CSCc1nccs1)C(F)(F)F. The summed E-state index contributed by atoms with van der Waals surface area (Å²) >= 11 is 2.41. The molecular weight excluding hydrogens is 235 g/mol. The van der Waals surface area contributed by atoms with Gasteiger partial charge in [0.05, 0.1) is 0 Å². The molecule has 0 saturated carbocycles. The minimum atomic E-state index is -4.52. The molecule has 0 aliphatic heterocycles. The number of thioether (sulfide) groups is 1. The Hall–Kier alpha value is -0.270. The third-order valence-corrected chi connectivity index (χ3v) is 3.35. The highest BCUT2D eigenvalue weighted by Crippen LogP contribution is 2.24. The normalized spacial score (nSPS) is 14.3. The molecule has 1 aromatic rings. The van der Waals surface area contributed by atoms with Crippen LogP contribution in [0.25, 0.3) is 0 Å². The third-order valence-electron chi connectivity index (χ3n) is 1.36. The summed E-state index contributed by atoms with van der Waals surface area (Å²) in [7, 11) is 0. The van der Waals surface area contributed by atoms with Crippen LogP contribution < -0.4 is 0 Å². The van der Waals surface area contributed by atoms with Gasteiger partial charge < -0.3 is 5.11 Å². The van der Waals surface area contributed by atoms with Gasteiger partial charge in [0, 0.05) is 23.1 Å². The topological polar surface area (TPSA) is 33.1 Å². The van der Waals surface area contributed by atoms with Crippen LogP contribution in [0, 0.1) is 0 Å². The third kappa shape index (κ3) is 3.85. The minimum Gasteiger partial charge on any atom is -0.383 e. The number of aliphatic hydroxyl groups excluding tert-OH is 1. The van der Waals surface area contributed by atoms with Crippen LogP contribution in [0.3, 0.4) is 0 Å². The number of aliphatic hydroxyl groups is 1. The number of halogens is 3. The van der Waals surface area contributed by atoms with Crippen molar-refractivity contribution in [1.29, 1.82) is 0 Å². The monoisotopic (exact) mass is 243 g/mol. The molecular formula is C7H8F3NOS2. The van der Waals surface area contributed by atoms with Crippen molar-refractivity contribution >= 4 is 23.1 Å². The first kappa shape index (κ1) is 11.8. The van der Waals surface area contributed by atoms with Crippen LogP contribution in [-0.4, -0.2) is 28.1 Å². The second kappa shape index (κ2) is 4.99. The Bertz CT molecular complexity index is 262. The minimum absolute atomic E-state index is 0.344. The lowest BCUT2D eigenvalue weighted by molar-refractivity contribution is -0.195. The molecule has 0 amide bonds. The Labute approximate surface area is 87.2 Å². The molecule has 1 heterocycles. The summed E-state index contributed by atoms with van der Waals surface area (Å²) in [5.41, 5.74) is 0. The predicted octanol–water partition coefficient (Wildman–Crippen LogP) is 2.30. The number of hydrogen-bond donors (Lipinski definition) is 1. The van der Waals surface area contributed by atoms with E-state index in [9.17, 15) is 13.2 Å². The number of thiazole rings is 1. The van der Waals surface area contributed by atoms with Crippen LogP contribution in [0.1, 0.15) is 5.01 Å². The summed E-state index contributed by atoms with van der Waals surface area (Å²) < 4.78 is 35.5. The van der Waals surface area contributed by atoms with Crippen LogP contribution in [0.5, 0.6) is 0 Å². The fourth-order valence-corrected chi connectivity index (χ4v) is 2.38. The standard InChI is InChI=1S/C7H8F3NOS2/c8-7(9,10)5(12)3-13-4-6-11-1-2-14-6/h1-2,5,12H,3-4H2/t5-/m1/s1. The zero-order valence-electron chi connectivity index (χ0n) is 6.99. The van der Waals surface area contributed by atoms with Crippen molar-refractivity contribution < 1.29 is 18.3 Å². The number of aromatic nitrogens is 1. The first-order valence-electron chi connectivity index (χ1n) is 3.71. The van der Waals surface area contributed by atoms with E-state index < -0.39 is 12.3 Å². The number of alkyl halides is 3. The molecule has 7 heteroatoms. The van der Waals surface area contributed by atoms with Gasteiger partial charge >= 0.3 is 6.18 Å². The van der Waals surface area contributed by atoms with Gasteiger partial charge in [0.2, 0.25) is 0 Å². The van der Waals surface area contributed by atoms with E-state index in [2.05, 4.69) is 4.98 Å². The molecule has 0 unspecified atom stereocenters. The lowest BCUT2D eigenvalue weighted by Crippen LogP contribution is -2.30. The molecule has 0 bridgehead atoms. The Morgan fingerprint density at radius 1 is 1.57 bits per heavy atom. The van der Waals surface area contributed by atoms with Gasteiger partial charge in [0.1, 0.15) is 5.01 Å². The van der Waals surface area contributed by atoms with Crippen molar-refractivity contribution in [2.24, 2.45) is 0 Å². The van der Waals surface area contributed by atoms with Gasteiger partial charge in [-0.05, 0) is 0 Å². The Balaban J connectivity index is 2.22. The summed E-state index contributed by atoms with van der Waals surface area (Å²) in [6.45, 7) is 0. The van der Waals surface area contributed by atoms with Gasteiger partial charge in [-0.2, -0.15) is 24.9 Å². The Morgan fingerprint density at radius 3 is 2.79 bits per heavy atom. The Kier molecular flexibility index (Phi) is 4.21. The maximum atomic E-state index is 11.8.